The maximum atomic E-state index is 6.31. The van der Waals surface area contributed by atoms with Crippen LogP contribution in [0.4, 0.5) is 0 Å². The maximum absolute atomic E-state index is 6.31. The van der Waals surface area contributed by atoms with Gasteiger partial charge in [-0.25, -0.2) is 0 Å². The Balaban J connectivity index is 1.30. The summed E-state index contributed by atoms with van der Waals surface area (Å²) in [5.74, 6) is 0. The van der Waals surface area contributed by atoms with E-state index in [2.05, 4.69) is 124 Å². The number of benzene rings is 7. The molecule has 0 aliphatic heterocycles. The highest BCUT2D eigenvalue weighted by atomic mass is 16.3. The molecule has 39 heavy (non-hydrogen) atoms. The molecule has 0 fully saturated rings. The minimum atomic E-state index is 0.0870. The molecule has 1 heterocycles. The molecule has 0 spiro atoms. The summed E-state index contributed by atoms with van der Waals surface area (Å²) in [4.78, 5) is 0. The third-order valence-electron chi connectivity index (χ3n) is 8.38. The van der Waals surface area contributed by atoms with E-state index in [9.17, 15) is 0 Å². The first-order chi connectivity index (χ1) is 19.0. The molecule has 0 radical (unpaired) electrons. The molecule has 0 unspecified atom stereocenters. The second-order valence-electron chi connectivity index (χ2n) is 11.8. The van der Waals surface area contributed by atoms with Gasteiger partial charge in [0.05, 0.1) is 0 Å². The average molecular weight is 501 g/mol. The van der Waals surface area contributed by atoms with Crippen molar-refractivity contribution >= 4 is 54.3 Å². The van der Waals surface area contributed by atoms with Gasteiger partial charge in [0.1, 0.15) is 11.2 Å². The highest BCUT2D eigenvalue weighted by Crippen LogP contribution is 2.43. The van der Waals surface area contributed by atoms with Crippen LogP contribution in [0.3, 0.4) is 0 Å². The molecule has 0 amide bonds. The van der Waals surface area contributed by atoms with Crippen LogP contribution in [-0.4, -0.2) is 0 Å². The smallest absolute Gasteiger partial charge is 0.143 e. The van der Waals surface area contributed by atoms with E-state index in [4.69, 9.17) is 4.42 Å². The minimum Gasteiger partial charge on any atom is -0.455 e. The zero-order chi connectivity index (χ0) is 26.3. The minimum absolute atomic E-state index is 0.0870. The molecular formula is C38H28O. The van der Waals surface area contributed by atoms with Crippen molar-refractivity contribution < 1.29 is 4.42 Å². The van der Waals surface area contributed by atoms with Crippen molar-refractivity contribution in [2.75, 3.05) is 0 Å². The standard InChI is InChI=1S/C38H28O/c1-38(2,3)33-22-18-26-16-20-30-27(19-15-25-17-21-32(33)36(26)35(25)30)23-11-13-24(14-12-23)28-8-6-9-31-29-7-4-5-10-34(29)39-37(28)31/h4-22H,1-3H3. The topological polar surface area (TPSA) is 13.1 Å². The van der Waals surface area contributed by atoms with E-state index < -0.39 is 0 Å². The van der Waals surface area contributed by atoms with Crippen molar-refractivity contribution in [2.24, 2.45) is 0 Å². The molecule has 0 aliphatic carbocycles. The number of hydrogen-bond donors (Lipinski definition) is 0. The van der Waals surface area contributed by atoms with E-state index in [1.54, 1.807) is 0 Å². The van der Waals surface area contributed by atoms with Gasteiger partial charge in [0.2, 0.25) is 0 Å². The van der Waals surface area contributed by atoms with E-state index in [1.165, 1.54) is 49.0 Å². The summed E-state index contributed by atoms with van der Waals surface area (Å²) in [6.45, 7) is 6.91. The van der Waals surface area contributed by atoms with Gasteiger partial charge in [-0.15, -0.1) is 0 Å². The third kappa shape index (κ3) is 3.26. The highest BCUT2D eigenvalue weighted by Gasteiger charge is 2.20. The SMILES string of the molecule is CC(C)(C)c1ccc2ccc3c(-c4ccc(-c5cccc6c5oc5ccccc56)cc4)ccc4ccc1c2c43. The van der Waals surface area contributed by atoms with Crippen LogP contribution in [0.2, 0.25) is 0 Å². The lowest BCUT2D eigenvalue weighted by atomic mass is 9.81. The molecule has 0 saturated heterocycles. The van der Waals surface area contributed by atoms with Gasteiger partial charge < -0.3 is 4.42 Å². The Morgan fingerprint density at radius 1 is 0.462 bits per heavy atom. The second kappa shape index (κ2) is 7.94. The fourth-order valence-electron chi connectivity index (χ4n) is 6.51. The number of para-hydroxylation sites is 2. The Labute approximate surface area is 227 Å². The van der Waals surface area contributed by atoms with Crippen LogP contribution < -0.4 is 0 Å². The van der Waals surface area contributed by atoms with Gasteiger partial charge >= 0.3 is 0 Å². The lowest BCUT2D eigenvalue weighted by Gasteiger charge is -2.23. The molecule has 186 valence electrons. The average Bonchev–Trinajstić information content (AvgIpc) is 3.34. The van der Waals surface area contributed by atoms with Gasteiger partial charge in [-0.3, -0.25) is 0 Å². The van der Waals surface area contributed by atoms with Crippen molar-refractivity contribution in [3.8, 4) is 22.3 Å². The number of rotatable bonds is 2. The van der Waals surface area contributed by atoms with Crippen molar-refractivity contribution in [2.45, 2.75) is 26.2 Å². The molecule has 0 aliphatic rings. The van der Waals surface area contributed by atoms with E-state index in [0.717, 1.165) is 33.1 Å². The van der Waals surface area contributed by atoms with E-state index >= 15 is 0 Å². The maximum Gasteiger partial charge on any atom is 0.143 e. The van der Waals surface area contributed by atoms with E-state index in [1.807, 2.05) is 12.1 Å². The van der Waals surface area contributed by atoms with Gasteiger partial charge in [0.25, 0.3) is 0 Å². The summed E-state index contributed by atoms with van der Waals surface area (Å²) in [5.41, 5.74) is 8.15. The number of fused-ring (bicyclic) bond motifs is 3. The first-order valence-electron chi connectivity index (χ1n) is 13.7. The van der Waals surface area contributed by atoms with Crippen LogP contribution in [0, 0.1) is 0 Å². The zero-order valence-corrected chi connectivity index (χ0v) is 22.4. The molecule has 0 bridgehead atoms. The first kappa shape index (κ1) is 22.4. The normalized spacial score (nSPS) is 12.5. The van der Waals surface area contributed by atoms with Crippen LogP contribution in [0.15, 0.2) is 120 Å². The lowest BCUT2D eigenvalue weighted by molar-refractivity contribution is 0.596. The summed E-state index contributed by atoms with van der Waals surface area (Å²) in [5, 5.41) is 10.3. The van der Waals surface area contributed by atoms with Crippen molar-refractivity contribution in [1.82, 2.24) is 0 Å². The third-order valence-corrected chi connectivity index (χ3v) is 8.38. The molecular weight excluding hydrogens is 472 g/mol. The van der Waals surface area contributed by atoms with E-state index in [0.29, 0.717) is 0 Å². The highest BCUT2D eigenvalue weighted by molar-refractivity contribution is 6.26. The van der Waals surface area contributed by atoms with Crippen LogP contribution in [0.5, 0.6) is 0 Å². The van der Waals surface area contributed by atoms with Gasteiger partial charge in [-0.05, 0) is 66.1 Å². The van der Waals surface area contributed by atoms with Crippen LogP contribution in [0.1, 0.15) is 26.3 Å². The first-order valence-corrected chi connectivity index (χ1v) is 13.7. The molecule has 8 rings (SSSR count). The predicted molar refractivity (Wildman–Crippen MR) is 167 cm³/mol. The van der Waals surface area contributed by atoms with Crippen molar-refractivity contribution in [3.63, 3.8) is 0 Å². The van der Waals surface area contributed by atoms with Crippen molar-refractivity contribution in [1.29, 1.82) is 0 Å². The molecule has 1 aromatic heterocycles. The molecule has 1 heteroatoms. The summed E-state index contributed by atoms with van der Waals surface area (Å²) < 4.78 is 6.31. The van der Waals surface area contributed by atoms with Gasteiger partial charge in [-0.2, -0.15) is 0 Å². The summed E-state index contributed by atoms with van der Waals surface area (Å²) in [7, 11) is 0. The van der Waals surface area contributed by atoms with Gasteiger partial charge in [0, 0.05) is 16.3 Å². The predicted octanol–water partition coefficient (Wildman–Crippen LogP) is 11.1. The number of furan rings is 1. The Morgan fingerprint density at radius 3 is 1.85 bits per heavy atom. The molecule has 0 saturated carbocycles. The van der Waals surface area contributed by atoms with Gasteiger partial charge in [-0.1, -0.05) is 130 Å². The van der Waals surface area contributed by atoms with Crippen LogP contribution in [0.25, 0.3) is 76.5 Å². The largest absolute Gasteiger partial charge is 0.455 e. The van der Waals surface area contributed by atoms with Gasteiger partial charge in [0.15, 0.2) is 0 Å². The molecule has 8 aromatic rings. The molecule has 0 N–H and O–H groups in total. The molecule has 1 nitrogen and oxygen atoms in total. The Morgan fingerprint density at radius 2 is 1.08 bits per heavy atom. The Kier molecular flexibility index (Phi) is 4.56. The Hall–Kier alpha value is -4.62. The van der Waals surface area contributed by atoms with Crippen LogP contribution >= 0.6 is 0 Å². The summed E-state index contributed by atoms with van der Waals surface area (Å²) in [6, 6.07) is 42.0. The Bertz CT molecular complexity index is 2190. The zero-order valence-electron chi connectivity index (χ0n) is 22.4. The fourth-order valence-corrected chi connectivity index (χ4v) is 6.51. The molecule has 0 atom stereocenters. The quantitative estimate of drug-likeness (QED) is 0.215. The number of hydrogen-bond acceptors (Lipinski definition) is 1. The van der Waals surface area contributed by atoms with Crippen LogP contribution in [-0.2, 0) is 5.41 Å². The van der Waals surface area contributed by atoms with E-state index in [-0.39, 0.29) is 5.41 Å². The molecule has 7 aromatic carbocycles. The van der Waals surface area contributed by atoms with Crippen molar-refractivity contribution in [3.05, 3.63) is 121 Å². The lowest BCUT2D eigenvalue weighted by Crippen LogP contribution is -2.11. The fraction of sp³-hybridized carbons (Fsp3) is 0.105. The summed E-state index contributed by atoms with van der Waals surface area (Å²) >= 11 is 0. The second-order valence-corrected chi connectivity index (χ2v) is 11.8. The monoisotopic (exact) mass is 500 g/mol. The summed E-state index contributed by atoms with van der Waals surface area (Å²) in [6.07, 6.45) is 0.